The molecule has 0 saturated carbocycles. The van der Waals surface area contributed by atoms with E-state index in [-0.39, 0.29) is 0 Å². The molecule has 0 bridgehead atoms. The lowest BCUT2D eigenvalue weighted by Crippen LogP contribution is -2.48. The minimum absolute atomic E-state index is 0.617. The fraction of sp³-hybridized carbons (Fsp3) is 0.647. The van der Waals surface area contributed by atoms with E-state index >= 15 is 0 Å². The molecule has 22 heavy (non-hydrogen) atoms. The number of hydrogen-bond acceptors (Lipinski definition) is 3. The van der Waals surface area contributed by atoms with E-state index in [2.05, 4.69) is 38.7 Å². The molecule has 1 aliphatic rings. The highest BCUT2D eigenvalue weighted by Crippen LogP contribution is 2.39. The molecule has 0 atom stereocenters. The summed E-state index contributed by atoms with van der Waals surface area (Å²) in [5.41, 5.74) is 1.35. The highest BCUT2D eigenvalue weighted by molar-refractivity contribution is 6.86. The third-order valence-corrected chi connectivity index (χ3v) is 10.8. The molecule has 3 nitrogen and oxygen atoms in total. The van der Waals surface area contributed by atoms with Crippen molar-refractivity contribution in [3.8, 4) is 0 Å². The molecule has 5 heteroatoms. The fourth-order valence-corrected chi connectivity index (χ4v) is 8.98. The molecular formula is C17H32O3Si2. The van der Waals surface area contributed by atoms with Gasteiger partial charge in [0.1, 0.15) is 0 Å². The molecule has 0 fully saturated rings. The van der Waals surface area contributed by atoms with E-state index in [0.29, 0.717) is 19.8 Å². The highest BCUT2D eigenvalue weighted by Gasteiger charge is 2.48. The van der Waals surface area contributed by atoms with E-state index in [4.69, 9.17) is 13.3 Å². The first-order chi connectivity index (χ1) is 10.4. The predicted octanol–water partition coefficient (Wildman–Crippen LogP) is 4.65. The van der Waals surface area contributed by atoms with Crippen LogP contribution in [-0.4, -0.2) is 36.7 Å². The summed E-state index contributed by atoms with van der Waals surface area (Å²) in [5.74, 6) is 0. The highest BCUT2D eigenvalue weighted by atomic mass is 28.4. The van der Waals surface area contributed by atoms with Crippen LogP contribution in [0.4, 0.5) is 0 Å². The van der Waals surface area contributed by atoms with E-state index < -0.39 is 16.9 Å². The molecule has 1 rings (SSSR count). The summed E-state index contributed by atoms with van der Waals surface area (Å²) in [6.45, 7) is 18.8. The zero-order chi connectivity index (χ0) is 16.8. The first-order valence-electron chi connectivity index (χ1n) is 8.32. The lowest BCUT2D eigenvalue weighted by molar-refractivity contribution is 0.0801. The standard InChI is InChI=1S/C17H32O3Si2/c1-8-14-21(6,7)16-12-13-17(15(16)5)22(18-9-2,19-10-3)20-11-4/h8,12H,1,9-11,13-14H2,2-7H3. The van der Waals surface area contributed by atoms with Gasteiger partial charge in [-0.25, -0.2) is 0 Å². The van der Waals surface area contributed by atoms with Crippen molar-refractivity contribution in [2.75, 3.05) is 19.8 Å². The van der Waals surface area contributed by atoms with Crippen molar-refractivity contribution in [3.05, 3.63) is 34.7 Å². The van der Waals surface area contributed by atoms with Crippen molar-refractivity contribution in [2.24, 2.45) is 0 Å². The van der Waals surface area contributed by atoms with Gasteiger partial charge in [0.2, 0.25) is 0 Å². The van der Waals surface area contributed by atoms with Gasteiger partial charge >= 0.3 is 8.80 Å². The summed E-state index contributed by atoms with van der Waals surface area (Å²) in [6, 6.07) is 1.09. The van der Waals surface area contributed by atoms with Crippen molar-refractivity contribution < 1.29 is 13.3 Å². The molecule has 0 spiro atoms. The summed E-state index contributed by atoms with van der Waals surface area (Å²) in [5, 5.41) is 2.77. The van der Waals surface area contributed by atoms with Crippen LogP contribution in [0.3, 0.4) is 0 Å². The Morgan fingerprint density at radius 3 is 2.00 bits per heavy atom. The normalized spacial score (nSPS) is 16.2. The first-order valence-corrected chi connectivity index (χ1v) is 13.3. The molecule has 0 heterocycles. The van der Waals surface area contributed by atoms with Gasteiger partial charge in [-0.15, -0.1) is 6.58 Å². The first kappa shape index (κ1) is 19.6. The van der Waals surface area contributed by atoms with Gasteiger partial charge in [-0.05, 0) is 45.7 Å². The van der Waals surface area contributed by atoms with Crippen LogP contribution in [0.2, 0.25) is 19.1 Å². The largest absolute Gasteiger partial charge is 0.533 e. The van der Waals surface area contributed by atoms with E-state index in [1.54, 1.807) is 0 Å². The maximum absolute atomic E-state index is 6.08. The lowest BCUT2D eigenvalue weighted by Gasteiger charge is -2.31. The lowest BCUT2D eigenvalue weighted by atomic mass is 10.3. The van der Waals surface area contributed by atoms with Crippen LogP contribution in [0.15, 0.2) is 34.7 Å². The smallest absolute Gasteiger partial charge is 0.370 e. The van der Waals surface area contributed by atoms with Gasteiger partial charge in [0, 0.05) is 25.0 Å². The molecule has 0 saturated heterocycles. The minimum Gasteiger partial charge on any atom is -0.370 e. The molecule has 126 valence electrons. The Labute approximate surface area is 138 Å². The number of hydrogen-bond donors (Lipinski definition) is 0. The molecule has 0 amide bonds. The predicted molar refractivity (Wildman–Crippen MR) is 98.5 cm³/mol. The second-order valence-electron chi connectivity index (χ2n) is 6.16. The molecule has 0 aliphatic heterocycles. The fourth-order valence-electron chi connectivity index (χ4n) is 3.24. The molecule has 1 aliphatic carbocycles. The van der Waals surface area contributed by atoms with Crippen molar-refractivity contribution >= 4 is 16.9 Å². The average Bonchev–Trinajstić information content (AvgIpc) is 2.82. The third kappa shape index (κ3) is 4.08. The Morgan fingerprint density at radius 1 is 1.09 bits per heavy atom. The summed E-state index contributed by atoms with van der Waals surface area (Å²) in [7, 11) is -4.23. The van der Waals surface area contributed by atoms with Crippen LogP contribution in [0.1, 0.15) is 34.1 Å². The second kappa shape index (κ2) is 8.40. The Bertz CT molecular complexity index is 436. The Balaban J connectivity index is 3.21. The van der Waals surface area contributed by atoms with Gasteiger partial charge in [0.25, 0.3) is 0 Å². The van der Waals surface area contributed by atoms with Crippen molar-refractivity contribution in [1.82, 2.24) is 0 Å². The third-order valence-electron chi connectivity index (χ3n) is 4.12. The van der Waals surface area contributed by atoms with Crippen LogP contribution in [0.25, 0.3) is 0 Å². The quantitative estimate of drug-likeness (QED) is 0.428. The molecule has 0 unspecified atom stereocenters. The summed E-state index contributed by atoms with van der Waals surface area (Å²) in [6.07, 6.45) is 5.33. The molecule has 0 aromatic rings. The molecule has 0 N–H and O–H groups in total. The number of rotatable bonds is 10. The maximum atomic E-state index is 6.08. The topological polar surface area (TPSA) is 27.7 Å². The van der Waals surface area contributed by atoms with Crippen LogP contribution in [-0.2, 0) is 13.3 Å². The monoisotopic (exact) mass is 340 g/mol. The summed E-state index contributed by atoms with van der Waals surface area (Å²) >= 11 is 0. The summed E-state index contributed by atoms with van der Waals surface area (Å²) < 4.78 is 18.3. The molecular weight excluding hydrogens is 308 g/mol. The van der Waals surface area contributed by atoms with E-state index in [1.807, 2.05) is 20.8 Å². The van der Waals surface area contributed by atoms with Crippen molar-refractivity contribution in [1.29, 1.82) is 0 Å². The molecule has 0 aromatic carbocycles. The van der Waals surface area contributed by atoms with E-state index in [0.717, 1.165) is 12.5 Å². The zero-order valence-electron chi connectivity index (χ0n) is 15.1. The van der Waals surface area contributed by atoms with Gasteiger partial charge in [-0.2, -0.15) is 0 Å². The second-order valence-corrected chi connectivity index (χ2v) is 13.5. The van der Waals surface area contributed by atoms with Gasteiger partial charge in [0.05, 0.1) is 8.07 Å². The molecule has 0 aromatic heterocycles. The van der Waals surface area contributed by atoms with Crippen LogP contribution in [0.5, 0.6) is 0 Å². The Kier molecular flexibility index (Phi) is 7.48. The summed E-state index contributed by atoms with van der Waals surface area (Å²) in [4.78, 5) is 0. The van der Waals surface area contributed by atoms with E-state index in [9.17, 15) is 0 Å². The van der Waals surface area contributed by atoms with Gasteiger partial charge in [0.15, 0.2) is 0 Å². The van der Waals surface area contributed by atoms with Gasteiger partial charge in [-0.3, -0.25) is 0 Å². The van der Waals surface area contributed by atoms with Crippen LogP contribution >= 0.6 is 0 Å². The Hall–Kier alpha value is -0.466. The minimum atomic E-state index is -2.75. The Morgan fingerprint density at radius 2 is 1.59 bits per heavy atom. The molecule has 0 radical (unpaired) electrons. The van der Waals surface area contributed by atoms with Crippen LogP contribution < -0.4 is 0 Å². The van der Waals surface area contributed by atoms with Crippen molar-refractivity contribution in [2.45, 2.75) is 53.3 Å². The average molecular weight is 341 g/mol. The number of allylic oxidation sites excluding steroid dienone is 5. The van der Waals surface area contributed by atoms with Gasteiger partial charge in [-0.1, -0.05) is 30.4 Å². The maximum Gasteiger partial charge on any atom is 0.533 e. The van der Waals surface area contributed by atoms with Gasteiger partial charge < -0.3 is 13.3 Å². The zero-order valence-corrected chi connectivity index (χ0v) is 17.1. The SMILES string of the molecule is C=CC[Si](C)(C)C1=CCC([Si](OCC)(OCC)OCC)=C1C. The van der Waals surface area contributed by atoms with Crippen molar-refractivity contribution in [3.63, 3.8) is 0 Å². The van der Waals surface area contributed by atoms with Crippen LogP contribution in [0, 0.1) is 0 Å². The van der Waals surface area contributed by atoms with E-state index in [1.165, 1.54) is 16.0 Å².